The van der Waals surface area contributed by atoms with Crippen LogP contribution in [0.3, 0.4) is 0 Å². The summed E-state index contributed by atoms with van der Waals surface area (Å²) < 4.78 is 10.7. The molecule has 0 aliphatic carbocycles. The zero-order chi connectivity index (χ0) is 19.9. The summed E-state index contributed by atoms with van der Waals surface area (Å²) in [4.78, 5) is 31.9. The van der Waals surface area contributed by atoms with Crippen molar-refractivity contribution < 1.29 is 14.3 Å². The van der Waals surface area contributed by atoms with Crippen LogP contribution in [0.15, 0.2) is 18.6 Å². The molecule has 2 aromatic heterocycles. The Morgan fingerprint density at radius 3 is 2.57 bits per heavy atom. The number of hydrogen-bond donors (Lipinski definition) is 0. The Kier molecular flexibility index (Phi) is 7.00. The quantitative estimate of drug-likeness (QED) is 0.674. The Bertz CT molecular complexity index is 789. The fourth-order valence-electron chi connectivity index (χ4n) is 3.32. The van der Waals surface area contributed by atoms with Crippen molar-refractivity contribution >= 4 is 5.91 Å². The molecule has 3 rings (SSSR count). The van der Waals surface area contributed by atoms with Crippen LogP contribution in [-0.2, 0) is 16.1 Å². The number of ether oxygens (including phenoxy) is 2. The monoisotopic (exact) mass is 385 g/mol. The minimum absolute atomic E-state index is 0.0621. The van der Waals surface area contributed by atoms with Crippen molar-refractivity contribution in [2.75, 3.05) is 33.4 Å². The number of nitrogens with zero attached hydrogens (tertiary/aromatic N) is 5. The number of rotatable bonds is 7. The summed E-state index contributed by atoms with van der Waals surface area (Å²) in [7, 11) is 1.65. The van der Waals surface area contributed by atoms with Crippen LogP contribution >= 0.6 is 0 Å². The largest absolute Gasteiger partial charge is 0.382 e. The van der Waals surface area contributed by atoms with Crippen molar-refractivity contribution in [1.82, 2.24) is 24.8 Å². The van der Waals surface area contributed by atoms with Gasteiger partial charge >= 0.3 is 0 Å². The predicted molar refractivity (Wildman–Crippen MR) is 103 cm³/mol. The van der Waals surface area contributed by atoms with Crippen molar-refractivity contribution in [1.29, 1.82) is 0 Å². The van der Waals surface area contributed by atoms with Crippen LogP contribution in [0.2, 0.25) is 0 Å². The highest BCUT2D eigenvalue weighted by Crippen LogP contribution is 2.29. The summed E-state index contributed by atoms with van der Waals surface area (Å²) in [5.74, 6) is 0.980. The molecular formula is C20H27N5O3. The van der Waals surface area contributed by atoms with Crippen LogP contribution < -0.4 is 0 Å². The van der Waals surface area contributed by atoms with Gasteiger partial charge in [0.05, 0.1) is 37.4 Å². The lowest BCUT2D eigenvalue weighted by atomic mass is 9.90. The number of aromatic nitrogens is 4. The zero-order valence-corrected chi connectivity index (χ0v) is 16.7. The minimum Gasteiger partial charge on any atom is -0.382 e. The number of carbonyl (C=O) groups excluding carboxylic acids is 1. The first-order chi connectivity index (χ1) is 13.6. The average molecular weight is 385 g/mol. The summed E-state index contributed by atoms with van der Waals surface area (Å²) in [6.45, 7) is 6.66. The summed E-state index contributed by atoms with van der Waals surface area (Å²) >= 11 is 0. The van der Waals surface area contributed by atoms with Crippen LogP contribution in [0.4, 0.5) is 0 Å². The van der Waals surface area contributed by atoms with Gasteiger partial charge in [0, 0.05) is 44.1 Å². The lowest BCUT2D eigenvalue weighted by Gasteiger charge is -2.32. The fourth-order valence-corrected chi connectivity index (χ4v) is 3.32. The predicted octanol–water partition coefficient (Wildman–Crippen LogP) is 2.07. The molecule has 150 valence electrons. The second kappa shape index (κ2) is 9.66. The van der Waals surface area contributed by atoms with Crippen molar-refractivity contribution in [3.8, 4) is 0 Å². The molecule has 0 atom stereocenters. The molecule has 28 heavy (non-hydrogen) atoms. The number of likely N-dealkylation sites (tertiary alicyclic amines) is 1. The third-order valence-corrected chi connectivity index (χ3v) is 4.88. The van der Waals surface area contributed by atoms with Crippen LogP contribution in [-0.4, -0.2) is 64.2 Å². The van der Waals surface area contributed by atoms with Gasteiger partial charge in [0.25, 0.3) is 5.91 Å². The van der Waals surface area contributed by atoms with E-state index in [0.29, 0.717) is 38.6 Å². The molecule has 0 spiro atoms. The highest BCUT2D eigenvalue weighted by molar-refractivity contribution is 5.92. The van der Waals surface area contributed by atoms with Crippen LogP contribution in [0.5, 0.6) is 0 Å². The van der Waals surface area contributed by atoms with E-state index in [-0.39, 0.29) is 11.8 Å². The molecule has 1 aliphatic rings. The Labute approximate surface area is 165 Å². The van der Waals surface area contributed by atoms with E-state index in [0.717, 1.165) is 35.6 Å². The van der Waals surface area contributed by atoms with Gasteiger partial charge in [-0.15, -0.1) is 0 Å². The molecule has 0 radical (unpaired) electrons. The SMILES string of the molecule is COCCOCc1cnc(C)nc1C1CCN(C(=O)c2cnc(C)cn2)CC1. The standard InChI is InChI=1S/C20H27N5O3/c1-14-10-23-18(12-21-14)20(26)25-6-4-16(5-7-25)19-17(11-22-15(2)24-19)13-28-9-8-27-3/h10-12,16H,4-9,13H2,1-3H3. The van der Waals surface area contributed by atoms with Gasteiger partial charge in [0.2, 0.25) is 0 Å². The summed E-state index contributed by atoms with van der Waals surface area (Å²) in [5.41, 5.74) is 3.24. The second-order valence-corrected chi connectivity index (χ2v) is 6.98. The molecule has 0 N–H and O–H groups in total. The number of carbonyl (C=O) groups is 1. The van der Waals surface area contributed by atoms with Crippen molar-refractivity contribution in [3.05, 3.63) is 47.1 Å². The van der Waals surface area contributed by atoms with Crippen molar-refractivity contribution in [2.45, 2.75) is 39.2 Å². The van der Waals surface area contributed by atoms with Crippen LogP contribution in [0.1, 0.15) is 52.0 Å². The van der Waals surface area contributed by atoms with E-state index in [1.54, 1.807) is 19.5 Å². The van der Waals surface area contributed by atoms with E-state index in [1.807, 2.05) is 24.9 Å². The molecule has 2 aromatic rings. The van der Waals surface area contributed by atoms with Crippen molar-refractivity contribution in [3.63, 3.8) is 0 Å². The first-order valence-electron chi connectivity index (χ1n) is 9.55. The van der Waals surface area contributed by atoms with Crippen LogP contribution in [0, 0.1) is 13.8 Å². The summed E-state index contributed by atoms with van der Waals surface area (Å²) in [6, 6.07) is 0. The maximum atomic E-state index is 12.6. The number of methoxy groups -OCH3 is 1. The Morgan fingerprint density at radius 2 is 1.89 bits per heavy atom. The molecule has 0 aromatic carbocycles. The summed E-state index contributed by atoms with van der Waals surface area (Å²) in [6.07, 6.45) is 6.73. The van der Waals surface area contributed by atoms with Crippen molar-refractivity contribution in [2.24, 2.45) is 0 Å². The minimum atomic E-state index is -0.0621. The van der Waals surface area contributed by atoms with Gasteiger partial charge in [-0.1, -0.05) is 0 Å². The maximum Gasteiger partial charge on any atom is 0.274 e. The molecule has 0 unspecified atom stereocenters. The number of aryl methyl sites for hydroxylation is 2. The third kappa shape index (κ3) is 5.08. The third-order valence-electron chi connectivity index (χ3n) is 4.88. The van der Waals surface area contributed by atoms with E-state index in [1.165, 1.54) is 0 Å². The van der Waals surface area contributed by atoms with Gasteiger partial charge in [-0.3, -0.25) is 9.78 Å². The average Bonchev–Trinajstić information content (AvgIpc) is 2.72. The van der Waals surface area contributed by atoms with Gasteiger partial charge in [-0.05, 0) is 26.7 Å². The normalized spacial score (nSPS) is 15.0. The second-order valence-electron chi connectivity index (χ2n) is 6.98. The van der Waals surface area contributed by atoms with E-state index >= 15 is 0 Å². The first-order valence-corrected chi connectivity index (χ1v) is 9.55. The molecule has 3 heterocycles. The maximum absolute atomic E-state index is 12.6. The van der Waals surface area contributed by atoms with Gasteiger partial charge < -0.3 is 14.4 Å². The van der Waals surface area contributed by atoms with E-state index in [2.05, 4.69) is 19.9 Å². The Balaban J connectivity index is 1.63. The number of piperidine rings is 1. The number of hydrogen-bond acceptors (Lipinski definition) is 7. The molecule has 1 fully saturated rings. The summed E-state index contributed by atoms with van der Waals surface area (Å²) in [5, 5.41) is 0. The van der Waals surface area contributed by atoms with E-state index in [9.17, 15) is 4.79 Å². The van der Waals surface area contributed by atoms with E-state index < -0.39 is 0 Å². The molecule has 0 saturated carbocycles. The lowest BCUT2D eigenvalue weighted by molar-refractivity contribution is 0.0604. The molecular weight excluding hydrogens is 358 g/mol. The van der Waals surface area contributed by atoms with Gasteiger partial charge in [-0.2, -0.15) is 0 Å². The zero-order valence-electron chi connectivity index (χ0n) is 16.7. The Morgan fingerprint density at radius 1 is 1.11 bits per heavy atom. The highest BCUT2D eigenvalue weighted by atomic mass is 16.5. The molecule has 8 heteroatoms. The van der Waals surface area contributed by atoms with Gasteiger partial charge in [0.1, 0.15) is 11.5 Å². The first kappa shape index (κ1) is 20.3. The molecule has 0 bridgehead atoms. The fraction of sp³-hybridized carbons (Fsp3) is 0.550. The topological polar surface area (TPSA) is 90.3 Å². The molecule has 1 aliphatic heterocycles. The lowest BCUT2D eigenvalue weighted by Crippen LogP contribution is -2.38. The molecule has 8 nitrogen and oxygen atoms in total. The molecule has 1 amide bonds. The molecule has 1 saturated heterocycles. The van der Waals surface area contributed by atoms with E-state index in [4.69, 9.17) is 9.47 Å². The van der Waals surface area contributed by atoms with Gasteiger partial charge in [0.15, 0.2) is 0 Å². The van der Waals surface area contributed by atoms with Crippen LogP contribution in [0.25, 0.3) is 0 Å². The highest BCUT2D eigenvalue weighted by Gasteiger charge is 2.27. The smallest absolute Gasteiger partial charge is 0.274 e. The van der Waals surface area contributed by atoms with Gasteiger partial charge in [-0.25, -0.2) is 15.0 Å². The number of amides is 1. The Hall–Kier alpha value is -2.45.